The first kappa shape index (κ1) is 19.4. The number of aromatic nitrogens is 4. The number of rotatable bonds is 5. The summed E-state index contributed by atoms with van der Waals surface area (Å²) in [5.41, 5.74) is 6.62. The molecule has 8 heteroatoms. The fourth-order valence-corrected chi connectivity index (χ4v) is 3.06. The lowest BCUT2D eigenvalue weighted by Crippen LogP contribution is -2.35. The van der Waals surface area contributed by atoms with Gasteiger partial charge in [0.1, 0.15) is 17.5 Å². The number of carbonyl (C=O) groups excluding carboxylic acids is 1. The zero-order valence-electron chi connectivity index (χ0n) is 16.9. The maximum Gasteiger partial charge on any atom is 0.283 e. The number of hydrogen-bond donors (Lipinski definition) is 1. The Hall–Kier alpha value is -3.94. The molecule has 0 aliphatic rings. The zero-order valence-corrected chi connectivity index (χ0v) is 16.9. The summed E-state index contributed by atoms with van der Waals surface area (Å²) in [6, 6.07) is 13.3. The Balaban J connectivity index is 1.54. The van der Waals surface area contributed by atoms with E-state index in [2.05, 4.69) is 15.5 Å². The van der Waals surface area contributed by atoms with Gasteiger partial charge in [-0.25, -0.2) is 14.3 Å². The zero-order chi connectivity index (χ0) is 21.3. The van der Waals surface area contributed by atoms with Crippen molar-refractivity contribution in [1.82, 2.24) is 19.4 Å². The van der Waals surface area contributed by atoms with Crippen LogP contribution < -0.4 is 15.7 Å². The number of amides is 1. The molecule has 30 heavy (non-hydrogen) atoms. The van der Waals surface area contributed by atoms with E-state index < -0.39 is 11.5 Å². The van der Waals surface area contributed by atoms with Gasteiger partial charge in [-0.1, -0.05) is 18.2 Å². The van der Waals surface area contributed by atoms with Crippen molar-refractivity contribution in [2.24, 2.45) is 0 Å². The fraction of sp³-hybridized carbons (Fsp3) is 0.182. The van der Waals surface area contributed by atoms with Gasteiger partial charge >= 0.3 is 0 Å². The third-order valence-corrected chi connectivity index (χ3v) is 4.83. The summed E-state index contributed by atoms with van der Waals surface area (Å²) in [6.45, 7) is 5.75. The number of benzene rings is 2. The van der Waals surface area contributed by atoms with Gasteiger partial charge in [0.15, 0.2) is 12.3 Å². The van der Waals surface area contributed by atoms with Gasteiger partial charge in [0.2, 0.25) is 0 Å². The standard InChI is InChI=1S/C22H21N5O3/c1-14-5-4-6-18(9-14)30-12-20(28)25-26-13-23-21-19(22(26)29)11-24-27(21)17-8-7-15(2)16(3)10-17/h4-11,13H,12H2,1-3H3,(H,25,28). The van der Waals surface area contributed by atoms with Crippen molar-refractivity contribution >= 4 is 16.9 Å². The maximum absolute atomic E-state index is 12.8. The lowest BCUT2D eigenvalue weighted by Gasteiger charge is -2.10. The molecule has 4 aromatic rings. The lowest BCUT2D eigenvalue weighted by atomic mass is 10.1. The minimum atomic E-state index is -0.471. The second-order valence-electron chi connectivity index (χ2n) is 7.12. The molecule has 2 aromatic heterocycles. The number of fused-ring (bicyclic) bond motifs is 1. The van der Waals surface area contributed by atoms with Gasteiger partial charge < -0.3 is 4.74 Å². The molecule has 1 amide bonds. The lowest BCUT2D eigenvalue weighted by molar-refractivity contribution is -0.119. The van der Waals surface area contributed by atoms with Crippen LogP contribution in [0.15, 0.2) is 59.8 Å². The Morgan fingerprint density at radius 2 is 1.93 bits per heavy atom. The summed E-state index contributed by atoms with van der Waals surface area (Å²) in [4.78, 5) is 29.3. The molecule has 1 N–H and O–H groups in total. The summed E-state index contributed by atoms with van der Waals surface area (Å²) < 4.78 is 8.11. The average Bonchev–Trinajstić information content (AvgIpc) is 3.15. The highest BCUT2D eigenvalue weighted by atomic mass is 16.5. The van der Waals surface area contributed by atoms with Crippen molar-refractivity contribution in [2.75, 3.05) is 12.0 Å². The Morgan fingerprint density at radius 3 is 2.70 bits per heavy atom. The van der Waals surface area contributed by atoms with Crippen LogP contribution in [0.1, 0.15) is 16.7 Å². The van der Waals surface area contributed by atoms with Gasteiger partial charge in [-0.2, -0.15) is 5.10 Å². The molecule has 0 unspecified atom stereocenters. The molecule has 152 valence electrons. The largest absolute Gasteiger partial charge is 0.484 e. The van der Waals surface area contributed by atoms with Crippen molar-refractivity contribution in [2.45, 2.75) is 20.8 Å². The highest BCUT2D eigenvalue weighted by Crippen LogP contribution is 2.17. The summed E-state index contributed by atoms with van der Waals surface area (Å²) in [5.74, 6) is 0.113. The third kappa shape index (κ3) is 3.80. The van der Waals surface area contributed by atoms with Crippen LogP contribution in [0, 0.1) is 20.8 Å². The molecular weight excluding hydrogens is 382 g/mol. The molecule has 0 radical (unpaired) electrons. The van der Waals surface area contributed by atoms with E-state index in [4.69, 9.17) is 4.74 Å². The molecule has 0 bridgehead atoms. The summed E-state index contributed by atoms with van der Waals surface area (Å²) in [5, 5.41) is 4.61. The van der Waals surface area contributed by atoms with E-state index in [1.807, 2.05) is 57.2 Å². The molecule has 0 fully saturated rings. The quantitative estimate of drug-likeness (QED) is 0.553. The molecule has 0 aliphatic heterocycles. The second-order valence-corrected chi connectivity index (χ2v) is 7.12. The Bertz CT molecular complexity index is 1310. The third-order valence-electron chi connectivity index (χ3n) is 4.83. The van der Waals surface area contributed by atoms with Crippen molar-refractivity contribution in [3.8, 4) is 11.4 Å². The molecule has 0 aliphatic carbocycles. The first-order valence-electron chi connectivity index (χ1n) is 9.45. The predicted molar refractivity (Wildman–Crippen MR) is 114 cm³/mol. The monoisotopic (exact) mass is 403 g/mol. The van der Waals surface area contributed by atoms with Crippen molar-refractivity contribution in [3.63, 3.8) is 0 Å². The Morgan fingerprint density at radius 1 is 1.10 bits per heavy atom. The number of aryl methyl sites for hydroxylation is 3. The van der Waals surface area contributed by atoms with Gasteiger partial charge in [0, 0.05) is 0 Å². The van der Waals surface area contributed by atoms with Gasteiger partial charge in [-0.15, -0.1) is 0 Å². The number of carbonyl (C=O) groups is 1. The minimum Gasteiger partial charge on any atom is -0.484 e. The average molecular weight is 403 g/mol. The van der Waals surface area contributed by atoms with Crippen LogP contribution in [0.25, 0.3) is 16.7 Å². The second kappa shape index (κ2) is 7.82. The first-order chi connectivity index (χ1) is 14.4. The highest BCUT2D eigenvalue weighted by Gasteiger charge is 2.13. The Kier molecular flexibility index (Phi) is 5.05. The topological polar surface area (TPSA) is 91.0 Å². The van der Waals surface area contributed by atoms with Gasteiger partial charge in [-0.05, 0) is 61.7 Å². The molecule has 0 spiro atoms. The van der Waals surface area contributed by atoms with Gasteiger partial charge in [-0.3, -0.25) is 15.0 Å². The summed E-state index contributed by atoms with van der Waals surface area (Å²) in [7, 11) is 0. The smallest absolute Gasteiger partial charge is 0.283 e. The van der Waals surface area contributed by atoms with Crippen LogP contribution in [-0.4, -0.2) is 32.0 Å². The molecule has 0 atom stereocenters. The van der Waals surface area contributed by atoms with Crippen LogP contribution >= 0.6 is 0 Å². The molecular formula is C22H21N5O3. The number of ether oxygens (including phenoxy) is 1. The number of nitrogens with zero attached hydrogens (tertiary/aromatic N) is 4. The summed E-state index contributed by atoms with van der Waals surface area (Å²) in [6.07, 6.45) is 2.72. The van der Waals surface area contributed by atoms with Crippen molar-refractivity contribution < 1.29 is 9.53 Å². The van der Waals surface area contributed by atoms with E-state index >= 15 is 0 Å². The van der Waals surface area contributed by atoms with E-state index in [-0.39, 0.29) is 6.61 Å². The van der Waals surface area contributed by atoms with Gasteiger partial charge in [0.05, 0.1) is 11.9 Å². The van der Waals surface area contributed by atoms with E-state index in [0.29, 0.717) is 16.8 Å². The molecule has 0 saturated carbocycles. The SMILES string of the molecule is Cc1cccc(OCC(=O)Nn2cnc3c(cnn3-c3ccc(C)c(C)c3)c2=O)c1. The van der Waals surface area contributed by atoms with Gasteiger partial charge in [0.25, 0.3) is 11.5 Å². The molecule has 8 nitrogen and oxygen atoms in total. The van der Waals surface area contributed by atoms with Crippen LogP contribution in [0.3, 0.4) is 0 Å². The predicted octanol–water partition coefficient (Wildman–Crippen LogP) is 2.66. The number of nitrogens with one attached hydrogen (secondary N) is 1. The van der Waals surface area contributed by atoms with E-state index in [9.17, 15) is 9.59 Å². The van der Waals surface area contributed by atoms with Crippen molar-refractivity contribution in [1.29, 1.82) is 0 Å². The minimum absolute atomic E-state index is 0.226. The Labute approximate surface area is 172 Å². The normalized spacial score (nSPS) is 10.9. The van der Waals surface area contributed by atoms with Crippen LogP contribution in [0.5, 0.6) is 5.75 Å². The van der Waals surface area contributed by atoms with Crippen LogP contribution in [-0.2, 0) is 4.79 Å². The van der Waals surface area contributed by atoms with Crippen LogP contribution in [0.4, 0.5) is 0 Å². The molecule has 4 rings (SSSR count). The molecule has 2 aromatic carbocycles. The first-order valence-corrected chi connectivity index (χ1v) is 9.45. The highest BCUT2D eigenvalue weighted by molar-refractivity contribution is 5.85. The number of hydrogen-bond acceptors (Lipinski definition) is 5. The van der Waals surface area contributed by atoms with E-state index in [1.54, 1.807) is 10.7 Å². The summed E-state index contributed by atoms with van der Waals surface area (Å²) >= 11 is 0. The van der Waals surface area contributed by atoms with Crippen molar-refractivity contribution in [3.05, 3.63) is 82.0 Å². The van der Waals surface area contributed by atoms with E-state index in [0.717, 1.165) is 21.5 Å². The molecule has 0 saturated heterocycles. The maximum atomic E-state index is 12.8. The van der Waals surface area contributed by atoms with E-state index in [1.165, 1.54) is 18.1 Å². The fourth-order valence-electron chi connectivity index (χ4n) is 3.06. The molecule has 2 heterocycles. The van der Waals surface area contributed by atoms with Crippen LogP contribution in [0.2, 0.25) is 0 Å².